The van der Waals surface area contributed by atoms with E-state index in [1.807, 2.05) is 0 Å². The molecule has 0 amide bonds. The first-order valence-electron chi connectivity index (χ1n) is 5.58. The molecule has 68 valence electrons. The molecule has 0 aromatic rings. The van der Waals surface area contributed by atoms with E-state index in [2.05, 4.69) is 5.32 Å². The highest BCUT2D eigenvalue weighted by atomic mass is 14.9. The van der Waals surface area contributed by atoms with Crippen LogP contribution in [0.25, 0.3) is 0 Å². The number of piperidine rings is 1. The molecule has 0 bridgehead atoms. The Morgan fingerprint density at radius 2 is 1.25 bits per heavy atom. The second-order valence-corrected chi connectivity index (χ2v) is 5.16. The van der Waals surface area contributed by atoms with Gasteiger partial charge in [-0.3, -0.25) is 0 Å². The summed E-state index contributed by atoms with van der Waals surface area (Å²) < 4.78 is 0. The van der Waals surface area contributed by atoms with Gasteiger partial charge in [-0.2, -0.15) is 0 Å². The second-order valence-electron chi connectivity index (χ2n) is 5.16. The van der Waals surface area contributed by atoms with Crippen molar-refractivity contribution in [2.24, 2.45) is 10.8 Å². The summed E-state index contributed by atoms with van der Waals surface area (Å²) >= 11 is 0. The average Bonchev–Trinajstić information content (AvgIpc) is 2.01. The molecule has 0 aromatic heterocycles. The van der Waals surface area contributed by atoms with Gasteiger partial charge in [-0.25, -0.2) is 0 Å². The van der Waals surface area contributed by atoms with Crippen molar-refractivity contribution in [2.45, 2.75) is 44.9 Å². The third kappa shape index (κ3) is 0.693. The zero-order valence-corrected chi connectivity index (χ0v) is 7.86. The van der Waals surface area contributed by atoms with Crippen LogP contribution in [0.5, 0.6) is 0 Å². The minimum absolute atomic E-state index is 0.830. The molecule has 0 radical (unpaired) electrons. The van der Waals surface area contributed by atoms with Crippen LogP contribution >= 0.6 is 0 Å². The highest BCUT2D eigenvalue weighted by Gasteiger charge is 2.60. The van der Waals surface area contributed by atoms with E-state index in [9.17, 15) is 0 Å². The lowest BCUT2D eigenvalue weighted by molar-refractivity contribution is -0.155. The van der Waals surface area contributed by atoms with Crippen molar-refractivity contribution in [3.8, 4) is 0 Å². The topological polar surface area (TPSA) is 12.0 Å². The standard InChI is InChI=1S/C11H19N/c1-2-10(3-1)4-5-11(10)6-8-12-9-7-11/h12H,1-9H2. The summed E-state index contributed by atoms with van der Waals surface area (Å²) in [6, 6.07) is 0. The molecule has 3 rings (SSSR count). The Kier molecular flexibility index (Phi) is 1.39. The third-order valence-electron chi connectivity index (χ3n) is 5.08. The van der Waals surface area contributed by atoms with Crippen molar-refractivity contribution in [3.05, 3.63) is 0 Å². The fourth-order valence-electron chi connectivity index (χ4n) is 3.90. The normalized spacial score (nSPS) is 36.0. The van der Waals surface area contributed by atoms with Gasteiger partial charge in [-0.05, 0) is 62.4 Å². The Morgan fingerprint density at radius 1 is 0.667 bits per heavy atom. The molecule has 0 atom stereocenters. The van der Waals surface area contributed by atoms with Gasteiger partial charge in [0, 0.05) is 0 Å². The molecule has 1 N–H and O–H groups in total. The molecular weight excluding hydrogens is 146 g/mol. The maximum Gasteiger partial charge on any atom is -0.00434 e. The summed E-state index contributed by atoms with van der Waals surface area (Å²) in [7, 11) is 0. The van der Waals surface area contributed by atoms with Crippen molar-refractivity contribution < 1.29 is 0 Å². The van der Waals surface area contributed by atoms with E-state index in [1.165, 1.54) is 32.4 Å². The van der Waals surface area contributed by atoms with E-state index < -0.39 is 0 Å². The number of hydrogen-bond acceptors (Lipinski definition) is 1. The van der Waals surface area contributed by atoms with Crippen LogP contribution < -0.4 is 5.32 Å². The van der Waals surface area contributed by atoms with Crippen LogP contribution in [0.2, 0.25) is 0 Å². The van der Waals surface area contributed by atoms with Crippen molar-refractivity contribution >= 4 is 0 Å². The smallest absolute Gasteiger partial charge is 0.00434 e. The highest BCUT2D eigenvalue weighted by Crippen LogP contribution is 2.70. The molecule has 2 saturated carbocycles. The molecule has 1 heterocycles. The van der Waals surface area contributed by atoms with Crippen molar-refractivity contribution in [2.75, 3.05) is 13.1 Å². The summed E-state index contributed by atoms with van der Waals surface area (Å²) in [5.41, 5.74) is 1.70. The van der Waals surface area contributed by atoms with Crippen LogP contribution in [0.4, 0.5) is 0 Å². The van der Waals surface area contributed by atoms with Gasteiger partial charge in [0.1, 0.15) is 0 Å². The molecule has 12 heavy (non-hydrogen) atoms. The van der Waals surface area contributed by atoms with Gasteiger partial charge >= 0.3 is 0 Å². The Morgan fingerprint density at radius 3 is 1.67 bits per heavy atom. The molecule has 2 aliphatic carbocycles. The first kappa shape index (κ1) is 7.37. The number of nitrogens with one attached hydrogen (secondary N) is 1. The third-order valence-corrected chi connectivity index (χ3v) is 5.08. The maximum absolute atomic E-state index is 3.49. The quantitative estimate of drug-likeness (QED) is 0.581. The maximum atomic E-state index is 3.49. The van der Waals surface area contributed by atoms with Gasteiger partial charge in [0.2, 0.25) is 0 Å². The van der Waals surface area contributed by atoms with Crippen molar-refractivity contribution in [1.82, 2.24) is 5.32 Å². The van der Waals surface area contributed by atoms with Crippen LogP contribution in [0.3, 0.4) is 0 Å². The minimum Gasteiger partial charge on any atom is -0.317 e. The SMILES string of the molecule is C1CC2(C1)CCC21CCNCC1. The van der Waals surface area contributed by atoms with Crippen LogP contribution in [-0.2, 0) is 0 Å². The Balaban J connectivity index is 1.80. The fourth-order valence-corrected chi connectivity index (χ4v) is 3.90. The Labute approximate surface area is 74.9 Å². The lowest BCUT2D eigenvalue weighted by Crippen LogP contribution is -2.58. The van der Waals surface area contributed by atoms with Crippen LogP contribution in [-0.4, -0.2) is 13.1 Å². The largest absolute Gasteiger partial charge is 0.317 e. The Bertz CT molecular complexity index is 182. The molecule has 0 unspecified atom stereocenters. The molecule has 2 spiro atoms. The number of fused-ring (bicyclic) bond motifs is 1. The predicted molar refractivity (Wildman–Crippen MR) is 50.1 cm³/mol. The molecule has 1 nitrogen and oxygen atoms in total. The molecule has 1 saturated heterocycles. The minimum atomic E-state index is 0.830. The molecule has 1 aliphatic heterocycles. The van der Waals surface area contributed by atoms with Crippen LogP contribution in [0.15, 0.2) is 0 Å². The van der Waals surface area contributed by atoms with Crippen molar-refractivity contribution in [1.29, 1.82) is 0 Å². The first-order valence-corrected chi connectivity index (χ1v) is 5.58. The zero-order chi connectivity index (χ0) is 8.07. The van der Waals surface area contributed by atoms with E-state index in [0.717, 1.165) is 10.8 Å². The van der Waals surface area contributed by atoms with Crippen LogP contribution in [0.1, 0.15) is 44.9 Å². The summed E-state index contributed by atoms with van der Waals surface area (Å²) in [6.07, 6.45) is 10.7. The lowest BCUT2D eigenvalue weighted by Gasteiger charge is -2.66. The number of hydrogen-bond donors (Lipinski definition) is 1. The van der Waals surface area contributed by atoms with E-state index in [0.29, 0.717) is 0 Å². The monoisotopic (exact) mass is 165 g/mol. The predicted octanol–water partition coefficient (Wildman–Crippen LogP) is 2.32. The van der Waals surface area contributed by atoms with Gasteiger partial charge in [0.25, 0.3) is 0 Å². The van der Waals surface area contributed by atoms with E-state index in [-0.39, 0.29) is 0 Å². The zero-order valence-electron chi connectivity index (χ0n) is 7.86. The second kappa shape index (κ2) is 2.25. The van der Waals surface area contributed by atoms with Gasteiger partial charge < -0.3 is 5.32 Å². The van der Waals surface area contributed by atoms with E-state index in [1.54, 1.807) is 25.7 Å². The highest BCUT2D eigenvalue weighted by molar-refractivity contribution is 5.11. The first-order chi connectivity index (χ1) is 5.87. The molecule has 3 fully saturated rings. The summed E-state index contributed by atoms with van der Waals surface area (Å²) in [5, 5.41) is 3.49. The van der Waals surface area contributed by atoms with Gasteiger partial charge in [-0.15, -0.1) is 0 Å². The molecular formula is C11H19N. The van der Waals surface area contributed by atoms with Crippen molar-refractivity contribution in [3.63, 3.8) is 0 Å². The lowest BCUT2D eigenvalue weighted by atomic mass is 9.39. The van der Waals surface area contributed by atoms with E-state index in [4.69, 9.17) is 0 Å². The van der Waals surface area contributed by atoms with E-state index >= 15 is 0 Å². The van der Waals surface area contributed by atoms with Gasteiger partial charge in [0.15, 0.2) is 0 Å². The fraction of sp³-hybridized carbons (Fsp3) is 1.00. The van der Waals surface area contributed by atoms with Crippen LogP contribution in [0, 0.1) is 10.8 Å². The Hall–Kier alpha value is -0.0400. The summed E-state index contributed by atoms with van der Waals surface area (Å²) in [6.45, 7) is 2.59. The average molecular weight is 165 g/mol. The summed E-state index contributed by atoms with van der Waals surface area (Å²) in [4.78, 5) is 0. The molecule has 0 aromatic carbocycles. The number of rotatable bonds is 0. The van der Waals surface area contributed by atoms with Gasteiger partial charge in [0.05, 0.1) is 0 Å². The molecule has 1 heteroatoms. The van der Waals surface area contributed by atoms with Gasteiger partial charge in [-0.1, -0.05) is 6.42 Å². The molecule has 3 aliphatic rings. The summed E-state index contributed by atoms with van der Waals surface area (Å²) in [5.74, 6) is 0.